The highest BCUT2D eigenvalue weighted by Gasteiger charge is 2.17. The van der Waals surface area contributed by atoms with Crippen LogP contribution in [-0.2, 0) is 6.61 Å². The zero-order valence-corrected chi connectivity index (χ0v) is 7.02. The molecule has 0 spiro atoms. The first-order valence-corrected chi connectivity index (χ1v) is 3.68. The number of rotatable bonds is 2. The van der Waals surface area contributed by atoms with Crippen molar-refractivity contribution in [3.63, 3.8) is 0 Å². The summed E-state index contributed by atoms with van der Waals surface area (Å²) in [4.78, 5) is 3.02. The lowest BCUT2D eigenvalue weighted by Gasteiger charge is -2.04. The van der Waals surface area contributed by atoms with Crippen LogP contribution in [0, 0.1) is 5.95 Å². The molecular formula is C7H5ClF3NO. The Hall–Kier alpha value is -0.810. The molecule has 0 fully saturated rings. The maximum absolute atomic E-state index is 12.7. The van der Waals surface area contributed by atoms with Gasteiger partial charge >= 0.3 is 0 Å². The Morgan fingerprint density at radius 2 is 2.15 bits per heavy atom. The van der Waals surface area contributed by atoms with E-state index in [2.05, 4.69) is 4.98 Å². The fourth-order valence-electron chi connectivity index (χ4n) is 0.793. The van der Waals surface area contributed by atoms with Crippen LogP contribution < -0.4 is 0 Å². The highest BCUT2D eigenvalue weighted by atomic mass is 35.5. The fourth-order valence-corrected chi connectivity index (χ4v) is 0.982. The Kier molecular flexibility index (Phi) is 3.11. The van der Waals surface area contributed by atoms with Crippen LogP contribution in [0.2, 0.25) is 5.15 Å². The lowest BCUT2D eigenvalue weighted by Crippen LogP contribution is -1.99. The molecule has 72 valence electrons. The summed E-state index contributed by atoms with van der Waals surface area (Å²) in [5, 5.41) is 8.32. The molecule has 0 aliphatic rings. The molecule has 13 heavy (non-hydrogen) atoms. The van der Waals surface area contributed by atoms with Crippen molar-refractivity contribution in [3.8, 4) is 0 Å². The van der Waals surface area contributed by atoms with Gasteiger partial charge in [0.15, 0.2) is 0 Å². The second-order valence-electron chi connectivity index (χ2n) is 2.28. The van der Waals surface area contributed by atoms with E-state index in [1.807, 2.05) is 0 Å². The monoisotopic (exact) mass is 211 g/mol. The number of pyridine rings is 1. The summed E-state index contributed by atoms with van der Waals surface area (Å²) in [5.41, 5.74) is -0.869. The average molecular weight is 212 g/mol. The van der Waals surface area contributed by atoms with E-state index in [0.717, 1.165) is 6.07 Å². The molecule has 0 unspecified atom stereocenters. The highest BCUT2D eigenvalue weighted by molar-refractivity contribution is 6.30. The number of nitrogens with zero attached hydrogens (tertiary/aromatic N) is 1. The molecule has 0 aliphatic carbocycles. The summed E-state index contributed by atoms with van der Waals surface area (Å²) < 4.78 is 36.8. The van der Waals surface area contributed by atoms with Crippen LogP contribution in [0.3, 0.4) is 0 Å². The highest BCUT2D eigenvalue weighted by Crippen LogP contribution is 2.25. The first-order valence-electron chi connectivity index (χ1n) is 3.30. The predicted molar refractivity (Wildman–Crippen MR) is 40.1 cm³/mol. The van der Waals surface area contributed by atoms with Crippen LogP contribution in [0.1, 0.15) is 17.6 Å². The number of hydrogen-bond donors (Lipinski definition) is 1. The van der Waals surface area contributed by atoms with E-state index in [0.29, 0.717) is 0 Å². The van der Waals surface area contributed by atoms with Gasteiger partial charge in [0, 0.05) is 5.56 Å². The third kappa shape index (κ3) is 2.10. The van der Waals surface area contributed by atoms with Gasteiger partial charge in [0.1, 0.15) is 5.15 Å². The van der Waals surface area contributed by atoms with E-state index in [4.69, 9.17) is 16.7 Å². The molecule has 0 bridgehead atoms. The van der Waals surface area contributed by atoms with Gasteiger partial charge in [0.25, 0.3) is 6.43 Å². The van der Waals surface area contributed by atoms with Gasteiger partial charge in [-0.3, -0.25) is 0 Å². The van der Waals surface area contributed by atoms with Gasteiger partial charge in [0.2, 0.25) is 5.95 Å². The summed E-state index contributed by atoms with van der Waals surface area (Å²) in [6.07, 6.45) is -2.96. The Balaban J connectivity index is 3.22. The first kappa shape index (κ1) is 10.3. The van der Waals surface area contributed by atoms with Crippen molar-refractivity contribution in [2.75, 3.05) is 0 Å². The van der Waals surface area contributed by atoms with Gasteiger partial charge in [-0.05, 0) is 6.07 Å². The standard InChI is InChI=1S/C7H5ClF3NO/c8-5-3(2-13)1-4(6(9)10)7(11)12-5/h1,6,13H,2H2. The number of hydrogen-bond acceptors (Lipinski definition) is 2. The molecule has 1 aromatic heterocycles. The third-order valence-corrected chi connectivity index (χ3v) is 1.76. The molecule has 1 rings (SSSR count). The first-order chi connectivity index (χ1) is 6.06. The number of aliphatic hydroxyl groups excluding tert-OH is 1. The molecule has 0 atom stereocenters. The van der Waals surface area contributed by atoms with E-state index in [9.17, 15) is 13.2 Å². The second-order valence-corrected chi connectivity index (χ2v) is 2.64. The topological polar surface area (TPSA) is 33.1 Å². The quantitative estimate of drug-likeness (QED) is 0.762. The molecule has 0 aliphatic heterocycles. The summed E-state index contributed by atoms with van der Waals surface area (Å²) >= 11 is 5.35. The smallest absolute Gasteiger partial charge is 0.268 e. The zero-order valence-electron chi connectivity index (χ0n) is 6.27. The SMILES string of the molecule is OCc1cc(C(F)F)c(F)nc1Cl. The van der Waals surface area contributed by atoms with Gasteiger partial charge in [-0.2, -0.15) is 4.39 Å². The summed E-state index contributed by atoms with van der Waals surface area (Å²) in [6, 6.07) is 0.801. The maximum Gasteiger partial charge on any atom is 0.268 e. The lowest BCUT2D eigenvalue weighted by molar-refractivity contribution is 0.144. The van der Waals surface area contributed by atoms with Crippen molar-refractivity contribution < 1.29 is 18.3 Å². The normalized spacial score (nSPS) is 10.9. The summed E-state index contributed by atoms with van der Waals surface area (Å²) in [5.74, 6) is -1.31. The number of alkyl halides is 2. The average Bonchev–Trinajstić information content (AvgIpc) is 2.03. The van der Waals surface area contributed by atoms with Gasteiger partial charge in [-0.25, -0.2) is 13.8 Å². The van der Waals surface area contributed by atoms with Crippen LogP contribution >= 0.6 is 11.6 Å². The molecule has 2 nitrogen and oxygen atoms in total. The molecule has 0 radical (unpaired) electrons. The minimum atomic E-state index is -2.96. The molecule has 6 heteroatoms. The summed E-state index contributed by atoms with van der Waals surface area (Å²) in [6.45, 7) is -0.550. The maximum atomic E-state index is 12.7. The van der Waals surface area contributed by atoms with Crippen molar-refractivity contribution in [3.05, 3.63) is 28.3 Å². The zero-order chi connectivity index (χ0) is 10.0. The lowest BCUT2D eigenvalue weighted by atomic mass is 10.2. The summed E-state index contributed by atoms with van der Waals surface area (Å²) in [7, 11) is 0. The van der Waals surface area contributed by atoms with Crippen LogP contribution in [0.25, 0.3) is 0 Å². The van der Waals surface area contributed by atoms with Gasteiger partial charge in [-0.1, -0.05) is 11.6 Å². The molecular weight excluding hydrogens is 207 g/mol. The molecule has 0 amide bonds. The van der Waals surface area contributed by atoms with Crippen LogP contribution in [0.15, 0.2) is 6.07 Å². The van der Waals surface area contributed by atoms with Crippen molar-refractivity contribution in [2.24, 2.45) is 0 Å². The van der Waals surface area contributed by atoms with E-state index in [1.165, 1.54) is 0 Å². The Morgan fingerprint density at radius 1 is 1.54 bits per heavy atom. The minimum absolute atomic E-state index is 0.0154. The molecule has 1 aromatic rings. The van der Waals surface area contributed by atoms with Crippen LogP contribution in [0.5, 0.6) is 0 Å². The number of aliphatic hydroxyl groups is 1. The van der Waals surface area contributed by atoms with E-state index < -0.39 is 24.5 Å². The molecule has 0 saturated carbocycles. The van der Waals surface area contributed by atoms with Gasteiger partial charge < -0.3 is 5.11 Å². The number of halogens is 4. The van der Waals surface area contributed by atoms with Gasteiger partial charge in [0.05, 0.1) is 12.2 Å². The van der Waals surface area contributed by atoms with Crippen molar-refractivity contribution in [1.82, 2.24) is 4.98 Å². The van der Waals surface area contributed by atoms with Gasteiger partial charge in [-0.15, -0.1) is 0 Å². The molecule has 1 heterocycles. The van der Waals surface area contributed by atoms with Crippen molar-refractivity contribution in [1.29, 1.82) is 0 Å². The fraction of sp³-hybridized carbons (Fsp3) is 0.286. The minimum Gasteiger partial charge on any atom is -0.392 e. The van der Waals surface area contributed by atoms with Crippen LogP contribution in [0.4, 0.5) is 13.2 Å². The second kappa shape index (κ2) is 3.93. The predicted octanol–water partition coefficient (Wildman–Crippen LogP) is 2.30. The van der Waals surface area contributed by atoms with Crippen molar-refractivity contribution >= 4 is 11.6 Å². The molecule has 0 aromatic carbocycles. The Bertz CT molecular complexity index is 319. The largest absolute Gasteiger partial charge is 0.392 e. The van der Waals surface area contributed by atoms with Crippen molar-refractivity contribution in [2.45, 2.75) is 13.0 Å². The Morgan fingerprint density at radius 3 is 2.62 bits per heavy atom. The van der Waals surface area contributed by atoms with E-state index in [-0.39, 0.29) is 10.7 Å². The Labute approximate surface area is 77.0 Å². The van der Waals surface area contributed by atoms with E-state index in [1.54, 1.807) is 0 Å². The molecule has 1 N–H and O–H groups in total. The van der Waals surface area contributed by atoms with E-state index >= 15 is 0 Å². The molecule has 0 saturated heterocycles. The third-order valence-electron chi connectivity index (χ3n) is 1.43. The van der Waals surface area contributed by atoms with Crippen LogP contribution in [-0.4, -0.2) is 10.1 Å². The number of aromatic nitrogens is 1.